The van der Waals surface area contributed by atoms with E-state index < -0.39 is 17.2 Å². The number of aromatic amines is 2. The number of aromatic nitrogens is 5. The lowest BCUT2D eigenvalue weighted by atomic mass is 9.81. The van der Waals surface area contributed by atoms with Gasteiger partial charge in [0.05, 0.1) is 11.5 Å². The second-order valence-electron chi connectivity index (χ2n) is 8.52. The summed E-state index contributed by atoms with van der Waals surface area (Å²) in [5, 5.41) is 14.2. The van der Waals surface area contributed by atoms with Crippen LogP contribution in [0, 0.1) is 11.3 Å². The van der Waals surface area contributed by atoms with Gasteiger partial charge in [-0.15, -0.1) is 0 Å². The monoisotopic (exact) mass is 464 g/mol. The maximum atomic E-state index is 13.5. The Hall–Kier alpha value is -5.04. The molecule has 0 spiro atoms. The quantitative estimate of drug-likeness (QED) is 0.309. The van der Waals surface area contributed by atoms with Crippen molar-refractivity contribution in [3.8, 4) is 17.2 Å². The van der Waals surface area contributed by atoms with Crippen molar-refractivity contribution in [2.75, 3.05) is 11.1 Å². The first-order chi connectivity index (χ1) is 16.9. The third kappa shape index (κ3) is 2.72. The van der Waals surface area contributed by atoms with Crippen LogP contribution in [0.5, 0.6) is 0 Å². The second kappa shape index (κ2) is 7.23. The molecule has 0 aliphatic carbocycles. The van der Waals surface area contributed by atoms with Gasteiger partial charge in [0.1, 0.15) is 29.1 Å². The molecule has 0 amide bonds. The summed E-state index contributed by atoms with van der Waals surface area (Å²) in [4.78, 5) is 37.2. The van der Waals surface area contributed by atoms with E-state index >= 15 is 0 Å². The van der Waals surface area contributed by atoms with Crippen LogP contribution in [0.3, 0.4) is 0 Å². The van der Waals surface area contributed by atoms with Crippen LogP contribution in [0.25, 0.3) is 22.0 Å². The van der Waals surface area contributed by atoms with E-state index in [2.05, 4.69) is 26.3 Å². The molecule has 35 heavy (non-hydrogen) atoms. The zero-order valence-electron chi connectivity index (χ0n) is 18.9. The van der Waals surface area contributed by atoms with Crippen LogP contribution in [0.2, 0.25) is 0 Å². The smallest absolute Gasteiger partial charge is 0.332 e. The van der Waals surface area contributed by atoms with E-state index in [1.807, 2.05) is 42.6 Å². The maximum absolute atomic E-state index is 13.5. The Morgan fingerprint density at radius 3 is 2.60 bits per heavy atom. The maximum Gasteiger partial charge on any atom is 0.332 e. The van der Waals surface area contributed by atoms with Crippen molar-refractivity contribution >= 4 is 28.4 Å². The fourth-order valence-corrected chi connectivity index (χ4v) is 5.04. The highest BCUT2D eigenvalue weighted by Crippen LogP contribution is 2.49. The molecule has 0 radical (unpaired) electrons. The first-order valence-corrected chi connectivity index (χ1v) is 10.9. The summed E-state index contributed by atoms with van der Waals surface area (Å²) in [6.45, 7) is 0. The minimum absolute atomic E-state index is 0.0570. The molecule has 0 saturated heterocycles. The largest absolute Gasteiger partial charge is 0.383 e. The lowest BCUT2D eigenvalue weighted by molar-refractivity contribution is 0.665. The number of nitrogen functional groups attached to an aromatic ring is 1. The van der Waals surface area contributed by atoms with Crippen molar-refractivity contribution in [3.63, 3.8) is 0 Å². The van der Waals surface area contributed by atoms with E-state index in [1.165, 1.54) is 11.6 Å². The average molecular weight is 464 g/mol. The van der Waals surface area contributed by atoms with E-state index in [4.69, 9.17) is 5.73 Å². The number of H-pyrrole nitrogens is 2. The normalized spacial score (nSPS) is 14.3. The lowest BCUT2D eigenvalue weighted by Crippen LogP contribution is -2.42. The molecule has 1 aliphatic heterocycles. The Bertz CT molecular complexity index is 1820. The van der Waals surface area contributed by atoms with E-state index in [1.54, 1.807) is 13.2 Å². The van der Waals surface area contributed by atoms with Gasteiger partial charge in [0.15, 0.2) is 0 Å². The molecular formula is C25H20N8O2. The fourth-order valence-electron chi connectivity index (χ4n) is 5.04. The van der Waals surface area contributed by atoms with Crippen LogP contribution < -0.4 is 22.3 Å². The number of para-hydroxylation sites is 1. The Morgan fingerprint density at radius 2 is 1.86 bits per heavy atom. The SMILES string of the molecule is Cn1c2c(c(=O)n(C)c1=O)C(c1ccc[nH]1)c1c(nc(N)c(C#N)c1-c1c[nH]c3ccccc13)N2. The molecule has 172 valence electrons. The van der Waals surface area contributed by atoms with Gasteiger partial charge in [0, 0.05) is 59.8 Å². The van der Waals surface area contributed by atoms with Gasteiger partial charge in [0.25, 0.3) is 5.56 Å². The van der Waals surface area contributed by atoms with Crippen LogP contribution in [-0.2, 0) is 14.1 Å². The Balaban J connectivity index is 1.80. The van der Waals surface area contributed by atoms with Crippen molar-refractivity contribution < 1.29 is 0 Å². The van der Waals surface area contributed by atoms with Crippen molar-refractivity contribution in [1.82, 2.24) is 24.1 Å². The summed E-state index contributed by atoms with van der Waals surface area (Å²) in [5.41, 5.74) is 9.59. The number of nitriles is 1. The van der Waals surface area contributed by atoms with Crippen molar-refractivity contribution in [1.29, 1.82) is 5.26 Å². The predicted molar refractivity (Wildman–Crippen MR) is 133 cm³/mol. The van der Waals surface area contributed by atoms with Gasteiger partial charge in [-0.25, -0.2) is 9.78 Å². The van der Waals surface area contributed by atoms with Crippen molar-refractivity contribution in [3.05, 3.63) is 92.0 Å². The molecule has 5 N–H and O–H groups in total. The van der Waals surface area contributed by atoms with Gasteiger partial charge < -0.3 is 21.0 Å². The molecule has 0 saturated carbocycles. The molecule has 1 aromatic carbocycles. The minimum atomic E-state index is -0.634. The van der Waals surface area contributed by atoms with Crippen LogP contribution in [0.15, 0.2) is 58.4 Å². The van der Waals surface area contributed by atoms with E-state index in [0.717, 1.165) is 26.7 Å². The number of benzene rings is 1. The number of pyridine rings is 1. The number of hydrogen-bond acceptors (Lipinski definition) is 6. The van der Waals surface area contributed by atoms with Crippen molar-refractivity contribution in [2.24, 2.45) is 14.1 Å². The molecule has 1 unspecified atom stereocenters. The van der Waals surface area contributed by atoms with Crippen LogP contribution in [0.4, 0.5) is 17.5 Å². The van der Waals surface area contributed by atoms with Crippen molar-refractivity contribution in [2.45, 2.75) is 5.92 Å². The summed E-state index contributed by atoms with van der Waals surface area (Å²) in [7, 11) is 3.05. The Morgan fingerprint density at radius 1 is 1.06 bits per heavy atom. The Labute approximate surface area is 198 Å². The van der Waals surface area contributed by atoms with Gasteiger partial charge in [-0.1, -0.05) is 18.2 Å². The molecule has 5 aromatic rings. The number of nitrogens with one attached hydrogen (secondary N) is 3. The summed E-state index contributed by atoms with van der Waals surface area (Å²) in [6.07, 6.45) is 3.60. The summed E-state index contributed by atoms with van der Waals surface area (Å²) in [6, 6.07) is 13.7. The topological polar surface area (TPSA) is 150 Å². The van der Waals surface area contributed by atoms with Gasteiger partial charge in [-0.05, 0) is 18.2 Å². The molecule has 5 heterocycles. The van der Waals surface area contributed by atoms with Crippen LogP contribution in [0.1, 0.15) is 28.3 Å². The van der Waals surface area contributed by atoms with E-state index in [-0.39, 0.29) is 11.4 Å². The molecule has 0 fully saturated rings. The third-order valence-electron chi connectivity index (χ3n) is 6.68. The second-order valence-corrected chi connectivity index (χ2v) is 8.52. The lowest BCUT2D eigenvalue weighted by Gasteiger charge is -2.31. The average Bonchev–Trinajstić information content (AvgIpc) is 3.54. The zero-order chi connectivity index (χ0) is 24.4. The minimum Gasteiger partial charge on any atom is -0.383 e. The number of nitrogens with two attached hydrogens (primary N) is 1. The summed E-state index contributed by atoms with van der Waals surface area (Å²) < 4.78 is 2.47. The molecule has 0 bridgehead atoms. The van der Waals surface area contributed by atoms with Crippen LogP contribution >= 0.6 is 0 Å². The summed E-state index contributed by atoms with van der Waals surface area (Å²) >= 11 is 0. The number of hydrogen-bond donors (Lipinski definition) is 4. The molecule has 6 rings (SSSR count). The number of nitrogens with zero attached hydrogens (tertiary/aromatic N) is 4. The fraction of sp³-hybridized carbons (Fsp3) is 0.120. The molecule has 10 nitrogen and oxygen atoms in total. The highest BCUT2D eigenvalue weighted by Gasteiger charge is 2.38. The number of fused-ring (bicyclic) bond motifs is 3. The van der Waals surface area contributed by atoms with Gasteiger partial charge in [-0.2, -0.15) is 5.26 Å². The first-order valence-electron chi connectivity index (χ1n) is 10.9. The molecular weight excluding hydrogens is 444 g/mol. The molecule has 4 aromatic heterocycles. The predicted octanol–water partition coefficient (Wildman–Crippen LogP) is 2.65. The highest BCUT2D eigenvalue weighted by atomic mass is 16.2. The van der Waals surface area contributed by atoms with Crippen LogP contribution in [-0.4, -0.2) is 24.1 Å². The van der Waals surface area contributed by atoms with Gasteiger partial charge >= 0.3 is 5.69 Å². The molecule has 10 heteroatoms. The van der Waals surface area contributed by atoms with Gasteiger partial charge in [-0.3, -0.25) is 13.9 Å². The zero-order valence-corrected chi connectivity index (χ0v) is 18.9. The van der Waals surface area contributed by atoms with E-state index in [0.29, 0.717) is 28.3 Å². The molecule has 1 aliphatic rings. The number of anilines is 3. The van der Waals surface area contributed by atoms with E-state index in [9.17, 15) is 14.9 Å². The number of rotatable bonds is 2. The van der Waals surface area contributed by atoms with Gasteiger partial charge in [0.2, 0.25) is 0 Å². The molecule has 1 atom stereocenters. The summed E-state index contributed by atoms with van der Waals surface area (Å²) in [5.74, 6) is 0.149. The third-order valence-corrected chi connectivity index (χ3v) is 6.68. The Kier molecular flexibility index (Phi) is 4.25. The highest BCUT2D eigenvalue weighted by molar-refractivity contribution is 6.00. The standard InChI is InChI=1S/C25H20N8O2/c1-32-23-20(24(34)33(2)25(32)35)18(16-8-5-9-28-16)19-17(13(10-26)21(27)30-22(19)31-23)14-11-29-15-7-4-3-6-12(14)15/h3-9,11,18,28-29H,1-2H3,(H3,27,30,31). The first kappa shape index (κ1) is 20.6.